The zero-order valence-electron chi connectivity index (χ0n) is 13.6. The molecule has 1 aromatic heterocycles. The standard InChI is InChI=1S/C18H22ClN3O/c1-13(2)22(18(23)14-7-8-14)12-17-20-9-10-21(17)11-15-5-3-4-6-16(15)19/h3-6,9-10,13-14H,7-8,11-12H2,1-2H3. The molecule has 0 aliphatic heterocycles. The maximum absolute atomic E-state index is 12.5. The van der Waals surface area contributed by atoms with Gasteiger partial charge in [-0.2, -0.15) is 0 Å². The molecular weight excluding hydrogens is 310 g/mol. The van der Waals surface area contributed by atoms with Crippen molar-refractivity contribution in [2.45, 2.75) is 45.8 Å². The Bertz CT molecular complexity index is 691. The van der Waals surface area contributed by atoms with Crippen LogP contribution in [0, 0.1) is 5.92 Å². The summed E-state index contributed by atoms with van der Waals surface area (Å²) in [5.41, 5.74) is 1.05. The van der Waals surface area contributed by atoms with E-state index < -0.39 is 0 Å². The van der Waals surface area contributed by atoms with E-state index in [2.05, 4.69) is 23.4 Å². The second-order valence-electron chi connectivity index (χ2n) is 6.40. The summed E-state index contributed by atoms with van der Waals surface area (Å²) < 4.78 is 2.07. The smallest absolute Gasteiger partial charge is 0.226 e. The van der Waals surface area contributed by atoms with Gasteiger partial charge in [0.1, 0.15) is 5.82 Å². The second kappa shape index (κ2) is 6.75. The number of benzene rings is 1. The summed E-state index contributed by atoms with van der Waals surface area (Å²) in [6, 6.07) is 7.99. The number of aromatic nitrogens is 2. The van der Waals surface area contributed by atoms with E-state index >= 15 is 0 Å². The topological polar surface area (TPSA) is 38.1 Å². The molecule has 1 fully saturated rings. The lowest BCUT2D eigenvalue weighted by molar-refractivity contribution is -0.135. The first-order chi connectivity index (χ1) is 11.1. The zero-order chi connectivity index (χ0) is 16.4. The molecule has 4 nitrogen and oxygen atoms in total. The summed E-state index contributed by atoms with van der Waals surface area (Å²) >= 11 is 6.25. The zero-order valence-corrected chi connectivity index (χ0v) is 14.3. The molecule has 0 radical (unpaired) electrons. The highest BCUT2D eigenvalue weighted by atomic mass is 35.5. The lowest BCUT2D eigenvalue weighted by atomic mass is 10.2. The van der Waals surface area contributed by atoms with Gasteiger partial charge >= 0.3 is 0 Å². The number of carbonyl (C=O) groups excluding carboxylic acids is 1. The van der Waals surface area contributed by atoms with Crippen molar-refractivity contribution >= 4 is 17.5 Å². The van der Waals surface area contributed by atoms with Crippen LogP contribution < -0.4 is 0 Å². The normalized spacial score (nSPS) is 14.3. The number of rotatable bonds is 6. The van der Waals surface area contributed by atoms with Gasteiger partial charge in [0.05, 0.1) is 13.1 Å². The molecule has 5 heteroatoms. The SMILES string of the molecule is CC(C)N(Cc1nccn1Cc1ccccc1Cl)C(=O)C1CC1. The first-order valence-electron chi connectivity index (χ1n) is 8.10. The maximum Gasteiger partial charge on any atom is 0.226 e. The molecule has 1 aliphatic rings. The van der Waals surface area contributed by atoms with Crippen LogP contribution in [0.15, 0.2) is 36.7 Å². The fourth-order valence-electron chi connectivity index (χ4n) is 2.68. The lowest BCUT2D eigenvalue weighted by Gasteiger charge is -2.27. The summed E-state index contributed by atoms with van der Waals surface area (Å²) in [7, 11) is 0. The molecule has 0 atom stereocenters. The average Bonchev–Trinajstić information content (AvgIpc) is 3.28. The molecule has 3 rings (SSSR count). The van der Waals surface area contributed by atoms with E-state index in [1.165, 1.54) is 0 Å². The molecule has 0 saturated heterocycles. The van der Waals surface area contributed by atoms with Crippen molar-refractivity contribution in [2.75, 3.05) is 0 Å². The van der Waals surface area contributed by atoms with Gasteiger partial charge in [-0.15, -0.1) is 0 Å². The van der Waals surface area contributed by atoms with Crippen molar-refractivity contribution in [3.8, 4) is 0 Å². The van der Waals surface area contributed by atoms with Crippen molar-refractivity contribution in [3.63, 3.8) is 0 Å². The highest BCUT2D eigenvalue weighted by Crippen LogP contribution is 2.32. The van der Waals surface area contributed by atoms with Crippen molar-refractivity contribution < 1.29 is 4.79 Å². The van der Waals surface area contributed by atoms with Crippen LogP contribution in [0.25, 0.3) is 0 Å². The number of carbonyl (C=O) groups is 1. The summed E-state index contributed by atoms with van der Waals surface area (Å²) in [5, 5.41) is 0.752. The van der Waals surface area contributed by atoms with E-state index in [0.29, 0.717) is 13.1 Å². The Kier molecular flexibility index (Phi) is 4.71. The number of imidazole rings is 1. The van der Waals surface area contributed by atoms with Crippen molar-refractivity contribution in [3.05, 3.63) is 53.1 Å². The number of hydrogen-bond donors (Lipinski definition) is 0. The molecule has 1 aromatic carbocycles. The van der Waals surface area contributed by atoms with E-state index in [-0.39, 0.29) is 17.9 Å². The van der Waals surface area contributed by atoms with Crippen molar-refractivity contribution in [1.82, 2.24) is 14.5 Å². The minimum Gasteiger partial charge on any atom is -0.333 e. The van der Waals surface area contributed by atoms with Crippen LogP contribution in [0.3, 0.4) is 0 Å². The Labute approximate surface area is 142 Å². The molecular formula is C18H22ClN3O. The molecule has 0 unspecified atom stereocenters. The van der Waals surface area contributed by atoms with E-state index in [9.17, 15) is 4.79 Å². The first kappa shape index (κ1) is 16.1. The van der Waals surface area contributed by atoms with Crippen LogP contribution in [-0.4, -0.2) is 26.4 Å². The molecule has 2 aromatic rings. The first-order valence-corrected chi connectivity index (χ1v) is 8.48. The summed E-state index contributed by atoms with van der Waals surface area (Å²) in [6.45, 7) is 5.33. The average molecular weight is 332 g/mol. The highest BCUT2D eigenvalue weighted by molar-refractivity contribution is 6.31. The van der Waals surface area contributed by atoms with E-state index in [0.717, 1.165) is 29.3 Å². The van der Waals surface area contributed by atoms with Gasteiger partial charge < -0.3 is 9.47 Å². The Morgan fingerprint density at radius 2 is 2.13 bits per heavy atom. The third-order valence-corrected chi connectivity index (χ3v) is 4.61. The predicted octanol–water partition coefficient (Wildman–Crippen LogP) is 3.73. The number of amides is 1. The monoisotopic (exact) mass is 331 g/mol. The largest absolute Gasteiger partial charge is 0.333 e. The van der Waals surface area contributed by atoms with Crippen LogP contribution >= 0.6 is 11.6 Å². The van der Waals surface area contributed by atoms with Gasteiger partial charge in [-0.05, 0) is 38.3 Å². The number of nitrogens with zero attached hydrogens (tertiary/aromatic N) is 3. The highest BCUT2D eigenvalue weighted by Gasteiger charge is 2.34. The summed E-state index contributed by atoms with van der Waals surface area (Å²) in [6.07, 6.45) is 5.78. The third kappa shape index (κ3) is 3.75. The number of hydrogen-bond acceptors (Lipinski definition) is 2. The van der Waals surface area contributed by atoms with E-state index in [1.807, 2.05) is 35.4 Å². The van der Waals surface area contributed by atoms with Crippen LogP contribution in [-0.2, 0) is 17.9 Å². The Morgan fingerprint density at radius 1 is 1.39 bits per heavy atom. The molecule has 1 heterocycles. The molecule has 23 heavy (non-hydrogen) atoms. The fourth-order valence-corrected chi connectivity index (χ4v) is 2.87. The minimum absolute atomic E-state index is 0.175. The van der Waals surface area contributed by atoms with Crippen LogP contribution in [0.2, 0.25) is 5.02 Å². The van der Waals surface area contributed by atoms with Crippen molar-refractivity contribution in [1.29, 1.82) is 0 Å². The van der Waals surface area contributed by atoms with Crippen molar-refractivity contribution in [2.24, 2.45) is 5.92 Å². The van der Waals surface area contributed by atoms with Gasteiger partial charge in [0.15, 0.2) is 0 Å². The summed E-state index contributed by atoms with van der Waals surface area (Å²) in [4.78, 5) is 18.9. The third-order valence-electron chi connectivity index (χ3n) is 4.25. The molecule has 1 aliphatic carbocycles. The van der Waals surface area contributed by atoms with Crippen LogP contribution in [0.5, 0.6) is 0 Å². The van der Waals surface area contributed by atoms with Crippen LogP contribution in [0.1, 0.15) is 38.1 Å². The van der Waals surface area contributed by atoms with Gasteiger partial charge in [0.2, 0.25) is 5.91 Å². The Morgan fingerprint density at radius 3 is 2.78 bits per heavy atom. The quantitative estimate of drug-likeness (QED) is 0.809. The number of halogens is 1. The second-order valence-corrected chi connectivity index (χ2v) is 6.80. The van der Waals surface area contributed by atoms with Gasteiger partial charge in [-0.25, -0.2) is 4.98 Å². The Balaban J connectivity index is 1.77. The fraction of sp³-hybridized carbons (Fsp3) is 0.444. The molecule has 1 amide bonds. The Hall–Kier alpha value is -1.81. The van der Waals surface area contributed by atoms with Crippen LogP contribution in [0.4, 0.5) is 0 Å². The molecule has 0 N–H and O–H groups in total. The maximum atomic E-state index is 12.5. The summed E-state index contributed by atoms with van der Waals surface area (Å²) in [5.74, 6) is 1.38. The predicted molar refractivity (Wildman–Crippen MR) is 91.2 cm³/mol. The minimum atomic E-state index is 0.175. The molecule has 0 bridgehead atoms. The lowest BCUT2D eigenvalue weighted by Crippen LogP contribution is -2.38. The van der Waals surface area contributed by atoms with E-state index in [4.69, 9.17) is 11.6 Å². The molecule has 0 spiro atoms. The molecule has 122 valence electrons. The molecule has 1 saturated carbocycles. The van der Waals surface area contributed by atoms with Gasteiger partial charge in [-0.3, -0.25) is 4.79 Å². The van der Waals surface area contributed by atoms with Gasteiger partial charge in [-0.1, -0.05) is 29.8 Å². The van der Waals surface area contributed by atoms with Gasteiger partial charge in [0, 0.05) is 29.4 Å². The van der Waals surface area contributed by atoms with E-state index in [1.54, 1.807) is 6.20 Å². The van der Waals surface area contributed by atoms with Gasteiger partial charge in [0.25, 0.3) is 0 Å².